The van der Waals surface area contributed by atoms with Crippen molar-refractivity contribution in [3.8, 4) is 0 Å². The zero-order valence-electron chi connectivity index (χ0n) is 9.82. The Bertz CT molecular complexity index is 300. The van der Waals surface area contributed by atoms with Gasteiger partial charge < -0.3 is 10.6 Å². The summed E-state index contributed by atoms with van der Waals surface area (Å²) in [6.07, 6.45) is 3.06. The Kier molecular flexibility index (Phi) is 6.03. The molecule has 4 nitrogen and oxygen atoms in total. The van der Waals surface area contributed by atoms with Crippen molar-refractivity contribution in [2.45, 2.75) is 38.8 Å². The number of nitrogens with one attached hydrogen (secondary N) is 2. The number of rotatable bonds is 7. The van der Waals surface area contributed by atoms with E-state index in [1.54, 1.807) is 16.8 Å². The zero-order chi connectivity index (χ0) is 11.8. The first-order valence-electron chi connectivity index (χ1n) is 5.60. The van der Waals surface area contributed by atoms with Gasteiger partial charge in [-0.15, -0.1) is 11.3 Å². The Labute approximate surface area is 100 Å². The van der Waals surface area contributed by atoms with E-state index in [-0.39, 0.29) is 11.9 Å². The van der Waals surface area contributed by atoms with Crippen molar-refractivity contribution < 1.29 is 4.79 Å². The van der Waals surface area contributed by atoms with Crippen molar-refractivity contribution in [3.05, 3.63) is 16.6 Å². The van der Waals surface area contributed by atoms with Gasteiger partial charge in [0.2, 0.25) is 5.91 Å². The molecule has 16 heavy (non-hydrogen) atoms. The van der Waals surface area contributed by atoms with Crippen LogP contribution in [0.3, 0.4) is 0 Å². The molecular weight excluding hydrogens is 222 g/mol. The number of aromatic nitrogens is 1. The lowest BCUT2D eigenvalue weighted by atomic mass is 10.1. The van der Waals surface area contributed by atoms with E-state index in [0.717, 1.165) is 25.0 Å². The van der Waals surface area contributed by atoms with Gasteiger partial charge in [-0.3, -0.25) is 4.79 Å². The van der Waals surface area contributed by atoms with Gasteiger partial charge in [0.1, 0.15) is 0 Å². The number of likely N-dealkylation sites (N-methyl/N-ethyl adjacent to an activating group) is 1. The largest absolute Gasteiger partial charge is 0.349 e. The van der Waals surface area contributed by atoms with E-state index in [2.05, 4.69) is 22.5 Å². The number of amides is 1. The van der Waals surface area contributed by atoms with Crippen LogP contribution in [0.1, 0.15) is 31.9 Å². The molecule has 0 radical (unpaired) electrons. The second-order valence-electron chi connectivity index (χ2n) is 3.68. The van der Waals surface area contributed by atoms with E-state index < -0.39 is 0 Å². The first-order valence-corrected chi connectivity index (χ1v) is 6.54. The molecule has 0 saturated heterocycles. The summed E-state index contributed by atoms with van der Waals surface area (Å²) in [6.45, 7) is 2.65. The van der Waals surface area contributed by atoms with Gasteiger partial charge in [-0.05, 0) is 13.5 Å². The monoisotopic (exact) mass is 241 g/mol. The molecule has 1 atom stereocenters. The van der Waals surface area contributed by atoms with Crippen LogP contribution in [-0.4, -0.2) is 24.0 Å². The highest BCUT2D eigenvalue weighted by atomic mass is 32.1. The van der Waals surface area contributed by atoms with Crippen LogP contribution in [-0.2, 0) is 11.3 Å². The van der Waals surface area contributed by atoms with Gasteiger partial charge in [0.05, 0.1) is 23.8 Å². The molecule has 0 fully saturated rings. The zero-order valence-corrected chi connectivity index (χ0v) is 10.6. The SMILES string of the molecule is CCCCC(NC)C(=O)NCc1cscn1. The number of unbranched alkanes of at least 4 members (excludes halogenated alkanes) is 1. The summed E-state index contributed by atoms with van der Waals surface area (Å²) in [5.74, 6) is 0.0592. The lowest BCUT2D eigenvalue weighted by molar-refractivity contribution is -0.123. The van der Waals surface area contributed by atoms with Crippen molar-refractivity contribution in [2.75, 3.05) is 7.05 Å². The standard InChI is InChI=1S/C11H19N3OS/c1-3-4-5-10(12-2)11(15)13-6-9-7-16-8-14-9/h7-8,10,12H,3-6H2,1-2H3,(H,13,15). The molecule has 0 spiro atoms. The molecule has 1 heterocycles. The first kappa shape index (κ1) is 13.1. The van der Waals surface area contributed by atoms with Crippen molar-refractivity contribution in [3.63, 3.8) is 0 Å². The lowest BCUT2D eigenvalue weighted by Crippen LogP contribution is -2.42. The molecule has 0 bridgehead atoms. The Morgan fingerprint density at radius 2 is 2.44 bits per heavy atom. The van der Waals surface area contributed by atoms with E-state index in [1.807, 2.05) is 12.4 Å². The molecule has 0 aromatic carbocycles. The number of carbonyl (C=O) groups excluding carboxylic acids is 1. The highest BCUT2D eigenvalue weighted by Gasteiger charge is 2.14. The minimum Gasteiger partial charge on any atom is -0.349 e. The molecular formula is C11H19N3OS. The van der Waals surface area contributed by atoms with Crippen LogP contribution in [0.15, 0.2) is 10.9 Å². The van der Waals surface area contributed by atoms with Crippen molar-refractivity contribution in [1.29, 1.82) is 0 Å². The van der Waals surface area contributed by atoms with E-state index in [4.69, 9.17) is 0 Å². The summed E-state index contributed by atoms with van der Waals surface area (Å²) in [7, 11) is 1.82. The molecule has 1 amide bonds. The van der Waals surface area contributed by atoms with Crippen LogP contribution < -0.4 is 10.6 Å². The van der Waals surface area contributed by atoms with E-state index in [1.165, 1.54) is 0 Å². The molecule has 0 aliphatic rings. The van der Waals surface area contributed by atoms with Gasteiger partial charge >= 0.3 is 0 Å². The van der Waals surface area contributed by atoms with Crippen molar-refractivity contribution in [2.24, 2.45) is 0 Å². The number of thiazole rings is 1. The van der Waals surface area contributed by atoms with Gasteiger partial charge in [-0.2, -0.15) is 0 Å². The van der Waals surface area contributed by atoms with E-state index >= 15 is 0 Å². The summed E-state index contributed by atoms with van der Waals surface area (Å²) in [5.41, 5.74) is 2.69. The van der Waals surface area contributed by atoms with Gasteiger partial charge in [-0.25, -0.2) is 4.98 Å². The summed E-state index contributed by atoms with van der Waals surface area (Å²) < 4.78 is 0. The molecule has 90 valence electrons. The van der Waals surface area contributed by atoms with Gasteiger partial charge in [-0.1, -0.05) is 19.8 Å². The fourth-order valence-electron chi connectivity index (χ4n) is 1.44. The second kappa shape index (κ2) is 7.35. The third kappa shape index (κ3) is 4.28. The van der Waals surface area contributed by atoms with E-state index in [0.29, 0.717) is 6.54 Å². The number of hydrogen-bond acceptors (Lipinski definition) is 4. The maximum atomic E-state index is 11.8. The van der Waals surface area contributed by atoms with Crippen LogP contribution >= 0.6 is 11.3 Å². The van der Waals surface area contributed by atoms with Crippen molar-refractivity contribution in [1.82, 2.24) is 15.6 Å². The van der Waals surface area contributed by atoms with Gasteiger partial charge in [0, 0.05) is 5.38 Å². The topological polar surface area (TPSA) is 54.0 Å². The molecule has 2 N–H and O–H groups in total. The summed E-state index contributed by atoms with van der Waals surface area (Å²) in [6, 6.07) is -0.0846. The smallest absolute Gasteiger partial charge is 0.237 e. The molecule has 0 saturated carbocycles. The summed E-state index contributed by atoms with van der Waals surface area (Å²) in [4.78, 5) is 15.9. The molecule has 5 heteroatoms. The Hall–Kier alpha value is -0.940. The lowest BCUT2D eigenvalue weighted by Gasteiger charge is -2.14. The predicted octanol–water partition coefficient (Wildman–Crippen LogP) is 1.54. The van der Waals surface area contributed by atoms with Crippen LogP contribution in [0, 0.1) is 0 Å². The first-order chi connectivity index (χ1) is 7.77. The number of hydrogen-bond donors (Lipinski definition) is 2. The quantitative estimate of drug-likeness (QED) is 0.761. The highest BCUT2D eigenvalue weighted by molar-refractivity contribution is 7.07. The predicted molar refractivity (Wildman–Crippen MR) is 66.3 cm³/mol. The molecule has 0 aliphatic heterocycles. The van der Waals surface area contributed by atoms with Crippen LogP contribution in [0.2, 0.25) is 0 Å². The third-order valence-electron chi connectivity index (χ3n) is 2.44. The number of carbonyl (C=O) groups is 1. The number of nitrogens with zero attached hydrogens (tertiary/aromatic N) is 1. The highest BCUT2D eigenvalue weighted by Crippen LogP contribution is 2.02. The molecule has 1 aromatic rings. The van der Waals surface area contributed by atoms with Crippen molar-refractivity contribution >= 4 is 17.2 Å². The second-order valence-corrected chi connectivity index (χ2v) is 4.40. The van der Waals surface area contributed by atoms with Crippen LogP contribution in [0.4, 0.5) is 0 Å². The summed E-state index contributed by atoms with van der Waals surface area (Å²) in [5, 5.41) is 7.87. The van der Waals surface area contributed by atoms with Crippen LogP contribution in [0.25, 0.3) is 0 Å². The maximum Gasteiger partial charge on any atom is 0.237 e. The average Bonchev–Trinajstić information content (AvgIpc) is 2.80. The fraction of sp³-hybridized carbons (Fsp3) is 0.636. The Morgan fingerprint density at radius 3 is 3.00 bits per heavy atom. The molecule has 1 unspecified atom stereocenters. The van der Waals surface area contributed by atoms with Gasteiger partial charge in [0.25, 0.3) is 0 Å². The maximum absolute atomic E-state index is 11.8. The Morgan fingerprint density at radius 1 is 1.62 bits per heavy atom. The molecule has 1 aromatic heterocycles. The molecule has 0 aliphatic carbocycles. The molecule has 1 rings (SSSR count). The third-order valence-corrected chi connectivity index (χ3v) is 3.07. The van der Waals surface area contributed by atoms with E-state index in [9.17, 15) is 4.79 Å². The fourth-order valence-corrected chi connectivity index (χ4v) is 2.00. The van der Waals surface area contributed by atoms with Gasteiger partial charge in [0.15, 0.2) is 0 Å². The summed E-state index contributed by atoms with van der Waals surface area (Å²) >= 11 is 1.54. The minimum absolute atomic E-state index is 0.0592. The Balaban J connectivity index is 2.31. The minimum atomic E-state index is -0.0846. The average molecular weight is 241 g/mol. The van der Waals surface area contributed by atoms with Crippen LogP contribution in [0.5, 0.6) is 0 Å². The normalized spacial score (nSPS) is 12.4.